The maximum atomic E-state index is 14.2. The number of morpholine rings is 1. The van der Waals surface area contributed by atoms with Crippen LogP contribution in [0.4, 0.5) is 0 Å². The number of aliphatic imine (C=N–C) groups is 1. The topological polar surface area (TPSA) is 131 Å². The lowest BCUT2D eigenvalue weighted by Gasteiger charge is -2.31. The lowest BCUT2D eigenvalue weighted by Crippen LogP contribution is -2.54. The summed E-state index contributed by atoms with van der Waals surface area (Å²) in [5.41, 5.74) is 4.66. The number of carbonyl (C=O) groups excluding carboxylic acids is 2. The lowest BCUT2D eigenvalue weighted by atomic mass is 9.83. The molecule has 2 aliphatic rings. The highest BCUT2D eigenvalue weighted by Gasteiger charge is 2.54. The van der Waals surface area contributed by atoms with Gasteiger partial charge < -0.3 is 24.1 Å². The summed E-state index contributed by atoms with van der Waals surface area (Å²) < 4.78 is 23.1. The molecule has 13 heteroatoms. The van der Waals surface area contributed by atoms with E-state index in [1.807, 2.05) is 0 Å². The van der Waals surface area contributed by atoms with Crippen LogP contribution in [0.1, 0.15) is 57.3 Å². The zero-order valence-electron chi connectivity index (χ0n) is 25.9. The van der Waals surface area contributed by atoms with Crippen LogP contribution in [-0.4, -0.2) is 91.5 Å². The first kappa shape index (κ1) is 34.9. The van der Waals surface area contributed by atoms with Crippen molar-refractivity contribution in [3.63, 3.8) is 0 Å². The number of aliphatic hydroxyl groups excluding tert-OH is 1. The van der Waals surface area contributed by atoms with E-state index in [1.54, 1.807) is 63.2 Å². The summed E-state index contributed by atoms with van der Waals surface area (Å²) in [6.07, 6.45) is -0.593. The minimum absolute atomic E-state index is 0.0195. The van der Waals surface area contributed by atoms with Gasteiger partial charge in [0, 0.05) is 66.8 Å². The van der Waals surface area contributed by atoms with Gasteiger partial charge in [-0.1, -0.05) is 29.3 Å². The van der Waals surface area contributed by atoms with Crippen molar-refractivity contribution in [1.82, 2.24) is 15.8 Å². The van der Waals surface area contributed by atoms with Crippen LogP contribution in [0.25, 0.3) is 0 Å². The molecular weight excluding hydrogens is 623 g/mol. The standard InChI is InChI=1S/C32H42Cl2N4O7/c1-31(2,3)45-27(40)11-12-32(30(41)37-35-13-14-38-15-19-42-20-16-38)28(25-10-7-23(33)21-26(25)34)44-29(36-32)22-5-8-24(9-6-22)43-18-4-17-39/h5-10,21,28,35,39H,4,11-20H2,1-3H3,(H,37,41)/t28-,32-/m0/s1. The first-order chi connectivity index (χ1) is 21.5. The Bertz CT molecular complexity index is 1330. The van der Waals surface area contributed by atoms with E-state index in [0.29, 0.717) is 66.3 Å². The van der Waals surface area contributed by atoms with Crippen molar-refractivity contribution in [3.8, 4) is 5.75 Å². The molecule has 4 rings (SSSR count). The minimum Gasteiger partial charge on any atom is -0.494 e. The Morgan fingerprint density at radius 1 is 1.13 bits per heavy atom. The van der Waals surface area contributed by atoms with E-state index >= 15 is 0 Å². The number of aliphatic hydroxyl groups is 1. The van der Waals surface area contributed by atoms with Crippen molar-refractivity contribution >= 4 is 41.0 Å². The molecule has 0 aliphatic carbocycles. The number of esters is 1. The second-order valence-electron chi connectivity index (χ2n) is 11.9. The number of hydrogen-bond donors (Lipinski definition) is 3. The van der Waals surface area contributed by atoms with Crippen LogP contribution in [0.3, 0.4) is 0 Å². The van der Waals surface area contributed by atoms with Crippen molar-refractivity contribution in [2.45, 2.75) is 57.3 Å². The van der Waals surface area contributed by atoms with Crippen LogP contribution in [0.5, 0.6) is 5.75 Å². The first-order valence-electron chi connectivity index (χ1n) is 15.1. The van der Waals surface area contributed by atoms with Gasteiger partial charge in [0.05, 0.1) is 19.8 Å². The summed E-state index contributed by atoms with van der Waals surface area (Å²) in [7, 11) is 0. The zero-order valence-corrected chi connectivity index (χ0v) is 27.5. The zero-order chi connectivity index (χ0) is 32.5. The van der Waals surface area contributed by atoms with Gasteiger partial charge in [0.2, 0.25) is 5.90 Å². The molecule has 2 atom stereocenters. The SMILES string of the molecule is CC(C)(C)OC(=O)CC[C@]1(C(=O)NNCCN2CCOCC2)N=C(c2ccc(OCCCO)cc2)O[C@H]1c1ccc(Cl)cc1Cl. The molecule has 1 amide bonds. The van der Waals surface area contributed by atoms with Gasteiger partial charge in [0.15, 0.2) is 11.6 Å². The fourth-order valence-electron chi connectivity index (χ4n) is 5.04. The van der Waals surface area contributed by atoms with Crippen LogP contribution in [0.15, 0.2) is 47.5 Å². The van der Waals surface area contributed by atoms with Gasteiger partial charge >= 0.3 is 5.97 Å². The number of hydrazine groups is 1. The molecule has 2 aromatic rings. The molecule has 11 nitrogen and oxygen atoms in total. The normalized spacial score (nSPS) is 20.3. The van der Waals surface area contributed by atoms with Crippen LogP contribution >= 0.6 is 23.2 Å². The number of hydrogen-bond acceptors (Lipinski definition) is 10. The molecule has 0 spiro atoms. The molecule has 1 fully saturated rings. The van der Waals surface area contributed by atoms with Crippen LogP contribution in [-0.2, 0) is 23.8 Å². The number of nitrogens with one attached hydrogen (secondary N) is 2. The largest absolute Gasteiger partial charge is 0.494 e. The maximum absolute atomic E-state index is 14.2. The fraction of sp³-hybridized carbons (Fsp3) is 0.531. The van der Waals surface area contributed by atoms with Crippen molar-refractivity contribution in [2.75, 3.05) is 52.6 Å². The summed E-state index contributed by atoms with van der Waals surface area (Å²) in [5, 5.41) is 9.76. The third kappa shape index (κ3) is 9.78. The summed E-state index contributed by atoms with van der Waals surface area (Å²) in [6, 6.07) is 12.0. The van der Waals surface area contributed by atoms with E-state index in [1.165, 1.54) is 0 Å². The Kier molecular flexibility index (Phi) is 12.5. The van der Waals surface area contributed by atoms with E-state index in [4.69, 9.17) is 52.2 Å². The van der Waals surface area contributed by atoms with Crippen molar-refractivity contribution in [3.05, 3.63) is 63.6 Å². The highest BCUT2D eigenvalue weighted by Crippen LogP contribution is 2.45. The molecule has 0 aromatic heterocycles. The lowest BCUT2D eigenvalue weighted by molar-refractivity contribution is -0.155. The van der Waals surface area contributed by atoms with E-state index in [2.05, 4.69) is 15.8 Å². The number of carbonyl (C=O) groups is 2. The molecule has 246 valence electrons. The monoisotopic (exact) mass is 664 g/mol. The second-order valence-corrected chi connectivity index (χ2v) is 12.7. The molecule has 0 unspecified atom stereocenters. The molecule has 2 aromatic carbocycles. The average molecular weight is 666 g/mol. The summed E-state index contributed by atoms with van der Waals surface area (Å²) >= 11 is 12.9. The van der Waals surface area contributed by atoms with E-state index in [9.17, 15) is 9.59 Å². The third-order valence-electron chi connectivity index (χ3n) is 7.26. The first-order valence-corrected chi connectivity index (χ1v) is 15.9. The number of benzene rings is 2. The Morgan fingerprint density at radius 2 is 1.87 bits per heavy atom. The fourth-order valence-corrected chi connectivity index (χ4v) is 5.54. The predicted octanol–water partition coefficient (Wildman–Crippen LogP) is 4.09. The number of nitrogens with zero attached hydrogens (tertiary/aromatic N) is 2. The molecule has 45 heavy (non-hydrogen) atoms. The number of rotatable bonds is 14. The molecule has 2 aliphatic heterocycles. The van der Waals surface area contributed by atoms with Crippen LogP contribution in [0.2, 0.25) is 10.0 Å². The van der Waals surface area contributed by atoms with Gasteiger partial charge in [-0.25, -0.2) is 10.4 Å². The molecule has 0 bridgehead atoms. The van der Waals surface area contributed by atoms with Crippen LogP contribution < -0.4 is 15.6 Å². The van der Waals surface area contributed by atoms with Gasteiger partial charge in [-0.3, -0.25) is 19.9 Å². The van der Waals surface area contributed by atoms with Crippen molar-refractivity contribution in [1.29, 1.82) is 0 Å². The Hall–Kier alpha value is -2.93. The summed E-state index contributed by atoms with van der Waals surface area (Å²) in [6.45, 7) is 9.94. The van der Waals surface area contributed by atoms with E-state index in [0.717, 1.165) is 13.1 Å². The highest BCUT2D eigenvalue weighted by molar-refractivity contribution is 6.35. The Labute approximate surface area is 274 Å². The number of amides is 1. The summed E-state index contributed by atoms with van der Waals surface area (Å²) in [4.78, 5) is 34.3. The molecule has 2 heterocycles. The molecular formula is C32H42Cl2N4O7. The van der Waals surface area contributed by atoms with Gasteiger partial charge in [-0.05, 0) is 63.6 Å². The number of halogens is 2. The highest BCUT2D eigenvalue weighted by atomic mass is 35.5. The van der Waals surface area contributed by atoms with E-state index < -0.39 is 29.1 Å². The van der Waals surface area contributed by atoms with Gasteiger partial charge in [0.25, 0.3) is 5.91 Å². The predicted molar refractivity (Wildman–Crippen MR) is 172 cm³/mol. The van der Waals surface area contributed by atoms with Gasteiger partial charge in [-0.2, -0.15) is 0 Å². The Morgan fingerprint density at radius 3 is 2.53 bits per heavy atom. The minimum atomic E-state index is -1.59. The molecule has 0 saturated carbocycles. The molecule has 0 radical (unpaired) electrons. The number of ether oxygens (including phenoxy) is 4. The van der Waals surface area contributed by atoms with Crippen LogP contribution in [0, 0.1) is 0 Å². The molecule has 1 saturated heterocycles. The maximum Gasteiger partial charge on any atom is 0.306 e. The average Bonchev–Trinajstić information content (AvgIpc) is 3.39. The summed E-state index contributed by atoms with van der Waals surface area (Å²) in [5.74, 6) is -0.131. The smallest absolute Gasteiger partial charge is 0.306 e. The second kappa shape index (κ2) is 16.1. The quantitative estimate of drug-likeness (QED) is 0.155. The third-order valence-corrected chi connectivity index (χ3v) is 7.83. The van der Waals surface area contributed by atoms with Gasteiger partial charge in [0.1, 0.15) is 11.4 Å². The van der Waals surface area contributed by atoms with Crippen molar-refractivity contribution in [2.24, 2.45) is 4.99 Å². The van der Waals surface area contributed by atoms with E-state index in [-0.39, 0.29) is 25.3 Å². The molecule has 3 N–H and O–H groups in total. The van der Waals surface area contributed by atoms with Crippen molar-refractivity contribution < 1.29 is 33.6 Å². The Balaban J connectivity index is 1.65. The van der Waals surface area contributed by atoms with Gasteiger partial charge in [-0.15, -0.1) is 0 Å².